The fourth-order valence-corrected chi connectivity index (χ4v) is 1.67. The highest BCUT2D eigenvalue weighted by molar-refractivity contribution is 9.10. The Bertz CT molecular complexity index is 341. The molecule has 0 aliphatic heterocycles. The Morgan fingerprint density at radius 3 is 2.87 bits per heavy atom. The Morgan fingerprint density at radius 1 is 1.53 bits per heavy atom. The molecule has 2 N–H and O–H groups in total. The maximum Gasteiger partial charge on any atom is 0.236 e. The van der Waals surface area contributed by atoms with Gasteiger partial charge in [-0.25, -0.2) is 0 Å². The van der Waals surface area contributed by atoms with Crippen LogP contribution < -0.4 is 10.6 Å². The average Bonchev–Trinajstić information content (AvgIpc) is 2.25. The van der Waals surface area contributed by atoms with Gasteiger partial charge < -0.3 is 10.6 Å². The van der Waals surface area contributed by atoms with Gasteiger partial charge in [0.15, 0.2) is 0 Å². The maximum absolute atomic E-state index is 11.2. The van der Waals surface area contributed by atoms with Crippen molar-refractivity contribution in [3.8, 4) is 0 Å². The van der Waals surface area contributed by atoms with Crippen molar-refractivity contribution in [3.05, 3.63) is 34.3 Å². The topological polar surface area (TPSA) is 41.1 Å². The van der Waals surface area contributed by atoms with Crippen LogP contribution in [0.3, 0.4) is 0 Å². The van der Waals surface area contributed by atoms with E-state index in [1.165, 1.54) is 0 Å². The van der Waals surface area contributed by atoms with E-state index in [1.807, 2.05) is 31.2 Å². The molecule has 15 heavy (non-hydrogen) atoms. The van der Waals surface area contributed by atoms with Crippen LogP contribution >= 0.6 is 15.9 Å². The molecule has 1 aromatic rings. The summed E-state index contributed by atoms with van der Waals surface area (Å²) in [6.45, 7) is 2.53. The number of rotatable bonds is 4. The van der Waals surface area contributed by atoms with E-state index in [0.29, 0.717) is 6.54 Å². The van der Waals surface area contributed by atoms with Gasteiger partial charge in [0, 0.05) is 18.1 Å². The molecule has 0 bridgehead atoms. The fourth-order valence-electron chi connectivity index (χ4n) is 1.23. The Labute approximate surface area is 98.4 Å². The Kier molecular flexibility index (Phi) is 4.78. The molecule has 0 saturated heterocycles. The standard InChI is InChI=1S/C11H15BrN2O/c1-8(11(15)13-2)14-7-9-4-3-5-10(12)6-9/h3-6,8,14H,7H2,1-2H3,(H,13,15)/t8-/m1/s1. The lowest BCUT2D eigenvalue weighted by atomic mass is 10.2. The summed E-state index contributed by atoms with van der Waals surface area (Å²) in [6.07, 6.45) is 0. The molecule has 0 aliphatic carbocycles. The second-order valence-corrected chi connectivity index (χ2v) is 4.26. The van der Waals surface area contributed by atoms with E-state index in [0.717, 1.165) is 10.0 Å². The van der Waals surface area contributed by atoms with Gasteiger partial charge in [0.1, 0.15) is 0 Å². The zero-order valence-corrected chi connectivity index (χ0v) is 10.5. The van der Waals surface area contributed by atoms with Crippen molar-refractivity contribution in [2.24, 2.45) is 0 Å². The van der Waals surface area contributed by atoms with Crippen molar-refractivity contribution in [1.29, 1.82) is 0 Å². The number of carbonyl (C=O) groups is 1. The van der Waals surface area contributed by atoms with Crippen LogP contribution in [0.25, 0.3) is 0 Å². The molecule has 0 saturated carbocycles. The molecule has 4 heteroatoms. The van der Waals surface area contributed by atoms with Gasteiger partial charge in [-0.05, 0) is 24.6 Å². The van der Waals surface area contributed by atoms with E-state index in [4.69, 9.17) is 0 Å². The van der Waals surface area contributed by atoms with Crippen LogP contribution in [0.5, 0.6) is 0 Å². The second-order valence-electron chi connectivity index (χ2n) is 3.35. The van der Waals surface area contributed by atoms with Crippen molar-refractivity contribution in [1.82, 2.24) is 10.6 Å². The van der Waals surface area contributed by atoms with E-state index in [1.54, 1.807) is 7.05 Å². The highest BCUT2D eigenvalue weighted by Gasteiger charge is 2.09. The molecule has 0 aromatic heterocycles. The number of hydrogen-bond acceptors (Lipinski definition) is 2. The lowest BCUT2D eigenvalue weighted by molar-refractivity contribution is -0.122. The Morgan fingerprint density at radius 2 is 2.27 bits per heavy atom. The number of amides is 1. The zero-order valence-electron chi connectivity index (χ0n) is 8.88. The number of hydrogen-bond donors (Lipinski definition) is 2. The Balaban J connectivity index is 2.47. The summed E-state index contributed by atoms with van der Waals surface area (Å²) in [5.74, 6) is 0.00463. The van der Waals surface area contributed by atoms with Gasteiger partial charge in [-0.2, -0.15) is 0 Å². The maximum atomic E-state index is 11.2. The zero-order chi connectivity index (χ0) is 11.3. The molecule has 3 nitrogen and oxygen atoms in total. The van der Waals surface area contributed by atoms with Gasteiger partial charge in [-0.15, -0.1) is 0 Å². The average molecular weight is 271 g/mol. The quantitative estimate of drug-likeness (QED) is 0.874. The molecule has 0 spiro atoms. The number of carbonyl (C=O) groups excluding carboxylic acids is 1. The summed E-state index contributed by atoms with van der Waals surface area (Å²) in [7, 11) is 1.64. The largest absolute Gasteiger partial charge is 0.358 e. The molecule has 1 aromatic carbocycles. The predicted octanol–water partition coefficient (Wildman–Crippen LogP) is 1.67. The van der Waals surface area contributed by atoms with E-state index in [-0.39, 0.29) is 11.9 Å². The van der Waals surface area contributed by atoms with E-state index in [2.05, 4.69) is 26.6 Å². The van der Waals surface area contributed by atoms with Crippen molar-refractivity contribution in [3.63, 3.8) is 0 Å². The van der Waals surface area contributed by atoms with E-state index >= 15 is 0 Å². The molecule has 1 atom stereocenters. The van der Waals surface area contributed by atoms with Crippen LogP contribution in [-0.2, 0) is 11.3 Å². The smallest absolute Gasteiger partial charge is 0.236 e. The van der Waals surface area contributed by atoms with Gasteiger partial charge in [0.2, 0.25) is 5.91 Å². The van der Waals surface area contributed by atoms with Gasteiger partial charge in [0.25, 0.3) is 0 Å². The minimum absolute atomic E-state index is 0.00463. The number of benzene rings is 1. The lowest BCUT2D eigenvalue weighted by Crippen LogP contribution is -2.40. The van der Waals surface area contributed by atoms with Gasteiger partial charge in [-0.1, -0.05) is 28.1 Å². The molecule has 0 aliphatic rings. The molecule has 0 unspecified atom stereocenters. The second kappa shape index (κ2) is 5.88. The first-order chi connectivity index (χ1) is 7.13. The molecule has 0 radical (unpaired) electrons. The van der Waals surface area contributed by atoms with Crippen molar-refractivity contribution in [2.45, 2.75) is 19.5 Å². The van der Waals surface area contributed by atoms with Crippen LogP contribution in [0.4, 0.5) is 0 Å². The molecule has 1 amide bonds. The van der Waals surface area contributed by atoms with Gasteiger partial charge >= 0.3 is 0 Å². The summed E-state index contributed by atoms with van der Waals surface area (Å²) in [6, 6.07) is 7.84. The third-order valence-electron chi connectivity index (χ3n) is 2.14. The molecule has 1 rings (SSSR count). The van der Waals surface area contributed by atoms with E-state index in [9.17, 15) is 4.79 Å². The van der Waals surface area contributed by atoms with Crippen molar-refractivity contribution >= 4 is 21.8 Å². The van der Waals surface area contributed by atoms with Crippen LogP contribution in [0.1, 0.15) is 12.5 Å². The van der Waals surface area contributed by atoms with Crippen LogP contribution in [0.15, 0.2) is 28.7 Å². The number of likely N-dealkylation sites (N-methyl/N-ethyl adjacent to an activating group) is 1. The predicted molar refractivity (Wildman–Crippen MR) is 64.5 cm³/mol. The molecule has 0 heterocycles. The molecular weight excluding hydrogens is 256 g/mol. The summed E-state index contributed by atoms with van der Waals surface area (Å²) < 4.78 is 1.05. The minimum atomic E-state index is -0.172. The molecule has 82 valence electrons. The van der Waals surface area contributed by atoms with Crippen LogP contribution in [0.2, 0.25) is 0 Å². The molecular formula is C11H15BrN2O. The van der Waals surface area contributed by atoms with Crippen LogP contribution in [0, 0.1) is 0 Å². The number of nitrogens with one attached hydrogen (secondary N) is 2. The monoisotopic (exact) mass is 270 g/mol. The summed E-state index contributed by atoms with van der Waals surface area (Å²) in [5, 5.41) is 5.75. The highest BCUT2D eigenvalue weighted by Crippen LogP contribution is 2.11. The highest BCUT2D eigenvalue weighted by atomic mass is 79.9. The fraction of sp³-hybridized carbons (Fsp3) is 0.364. The van der Waals surface area contributed by atoms with Crippen molar-refractivity contribution < 1.29 is 4.79 Å². The SMILES string of the molecule is CNC(=O)[C@@H](C)NCc1cccc(Br)c1. The first-order valence-electron chi connectivity index (χ1n) is 4.83. The summed E-state index contributed by atoms with van der Waals surface area (Å²) in [4.78, 5) is 11.2. The lowest BCUT2D eigenvalue weighted by Gasteiger charge is -2.12. The Hall–Kier alpha value is -0.870. The van der Waals surface area contributed by atoms with E-state index < -0.39 is 0 Å². The van der Waals surface area contributed by atoms with Gasteiger partial charge in [-0.3, -0.25) is 4.79 Å². The minimum Gasteiger partial charge on any atom is -0.358 e. The third-order valence-corrected chi connectivity index (χ3v) is 2.63. The first kappa shape index (κ1) is 12.2. The normalized spacial score (nSPS) is 12.2. The third kappa shape index (κ3) is 4.01. The first-order valence-corrected chi connectivity index (χ1v) is 5.62. The number of halogens is 1. The van der Waals surface area contributed by atoms with Crippen LogP contribution in [-0.4, -0.2) is 19.0 Å². The summed E-state index contributed by atoms with van der Waals surface area (Å²) in [5.41, 5.74) is 1.15. The summed E-state index contributed by atoms with van der Waals surface area (Å²) >= 11 is 3.40. The molecule has 0 fully saturated rings. The van der Waals surface area contributed by atoms with Gasteiger partial charge in [0.05, 0.1) is 6.04 Å². The van der Waals surface area contributed by atoms with Crippen molar-refractivity contribution in [2.75, 3.05) is 7.05 Å².